The molecule has 0 aliphatic carbocycles. The molecule has 176 valence electrons. The number of carbonyl (C=O) groups excluding carboxylic acids is 1. The number of benzene rings is 1. The number of nitrogens with zero attached hydrogens (tertiary/aromatic N) is 2. The summed E-state index contributed by atoms with van der Waals surface area (Å²) in [6, 6.07) is 9.74. The maximum absolute atomic E-state index is 12.6. The van der Waals surface area contributed by atoms with E-state index in [2.05, 4.69) is 45.8 Å². The van der Waals surface area contributed by atoms with Gasteiger partial charge < -0.3 is 19.0 Å². The maximum atomic E-state index is 12.6. The van der Waals surface area contributed by atoms with Crippen LogP contribution in [0.4, 0.5) is 4.79 Å². The van der Waals surface area contributed by atoms with Crippen LogP contribution in [0.1, 0.15) is 100 Å². The highest BCUT2D eigenvalue weighted by molar-refractivity contribution is 6.08. The van der Waals surface area contributed by atoms with Crippen LogP contribution < -0.4 is 0 Å². The van der Waals surface area contributed by atoms with E-state index in [9.17, 15) is 9.90 Å². The molecule has 1 aromatic heterocycles. The molecule has 2 heterocycles. The van der Waals surface area contributed by atoms with E-state index in [1.54, 1.807) is 4.90 Å². The molecule has 3 rings (SSSR count). The van der Waals surface area contributed by atoms with E-state index < -0.39 is 5.60 Å². The molecule has 0 unspecified atom stereocenters. The molecule has 5 nitrogen and oxygen atoms in total. The Balaban J connectivity index is 1.82. The first-order chi connectivity index (χ1) is 15.1. The Morgan fingerprint density at radius 1 is 1.00 bits per heavy atom. The Morgan fingerprint density at radius 3 is 2.06 bits per heavy atom. The van der Waals surface area contributed by atoms with Gasteiger partial charge in [-0.25, -0.2) is 4.79 Å². The average Bonchev–Trinajstić information content (AvgIpc) is 3.08. The van der Waals surface area contributed by atoms with E-state index in [1.165, 1.54) is 17.0 Å². The molecule has 1 aromatic carbocycles. The van der Waals surface area contributed by atoms with Crippen molar-refractivity contribution in [3.63, 3.8) is 0 Å². The third-order valence-electron chi connectivity index (χ3n) is 6.71. The quantitative estimate of drug-likeness (QED) is 0.646. The van der Waals surface area contributed by atoms with Gasteiger partial charge in [-0.15, -0.1) is 0 Å². The number of rotatable bonds is 6. The Kier molecular flexibility index (Phi) is 7.56. The monoisotopic (exact) mass is 456 g/mol. The lowest BCUT2D eigenvalue weighted by atomic mass is 9.77. The molecule has 1 N–H and O–H groups in total. The van der Waals surface area contributed by atoms with Crippen LogP contribution in [0, 0.1) is 0 Å². The van der Waals surface area contributed by atoms with E-state index in [0.717, 1.165) is 21.5 Å². The summed E-state index contributed by atoms with van der Waals surface area (Å²) in [5.41, 5.74) is 5.19. The second kappa shape index (κ2) is 9.83. The zero-order valence-electron chi connectivity index (χ0n) is 20.8. The summed E-state index contributed by atoms with van der Waals surface area (Å²) >= 11 is 0. The van der Waals surface area contributed by atoms with Crippen molar-refractivity contribution in [2.45, 2.75) is 84.3 Å². The van der Waals surface area contributed by atoms with Crippen LogP contribution >= 0.6 is 0 Å². The van der Waals surface area contributed by atoms with Crippen molar-refractivity contribution in [2.24, 2.45) is 0 Å². The minimum absolute atomic E-state index is 0.274. The predicted molar refractivity (Wildman–Crippen MR) is 133 cm³/mol. The van der Waals surface area contributed by atoms with E-state index in [4.69, 9.17) is 4.74 Å². The van der Waals surface area contributed by atoms with Crippen molar-refractivity contribution >= 4 is 16.5 Å². The molecule has 1 aliphatic heterocycles. The first-order valence-corrected chi connectivity index (χ1v) is 12.9. The highest BCUT2D eigenvalue weighted by Crippen LogP contribution is 2.45. The number of piperidine rings is 1. The molecule has 2 aromatic rings. The van der Waals surface area contributed by atoms with Crippen molar-refractivity contribution < 1.29 is 14.6 Å². The van der Waals surface area contributed by atoms with Crippen molar-refractivity contribution in [3.05, 3.63) is 58.4 Å². The van der Waals surface area contributed by atoms with Gasteiger partial charge in [-0.3, -0.25) is 0 Å². The van der Waals surface area contributed by atoms with Crippen LogP contribution in [0.5, 0.6) is 0 Å². The van der Waals surface area contributed by atoms with Crippen molar-refractivity contribution in [1.29, 1.82) is 0 Å². The summed E-state index contributed by atoms with van der Waals surface area (Å²) in [4.78, 5) is 14.4. The number of carbonyl (C=O) groups is 1. The minimum atomic E-state index is -0.908. The second-order valence-electron chi connectivity index (χ2n) is 10.1. The van der Waals surface area contributed by atoms with Gasteiger partial charge in [0.2, 0.25) is 0 Å². The second-order valence-corrected chi connectivity index (χ2v) is 11.0. The van der Waals surface area contributed by atoms with E-state index in [1.807, 2.05) is 30.3 Å². The predicted octanol–water partition coefficient (Wildman–Crippen LogP) is 4.61. The normalized spacial score (nSPS) is 16.4. The highest BCUT2D eigenvalue weighted by atomic mass is 28.2. The van der Waals surface area contributed by atoms with Crippen LogP contribution in [-0.4, -0.2) is 43.8 Å². The molecule has 1 saturated heterocycles. The molecule has 0 bridgehead atoms. The fraction of sp³-hybridized carbons (Fsp3) is 0.577. The fourth-order valence-electron chi connectivity index (χ4n) is 5.31. The Hall–Kier alpha value is -2.05. The lowest BCUT2D eigenvalue weighted by Crippen LogP contribution is -2.46. The Bertz CT molecular complexity index is 926. The first-order valence-electron chi connectivity index (χ1n) is 12.0. The van der Waals surface area contributed by atoms with E-state index >= 15 is 0 Å². The van der Waals surface area contributed by atoms with Gasteiger partial charge >= 0.3 is 6.09 Å². The third-order valence-corrected chi connectivity index (χ3v) is 7.68. The van der Waals surface area contributed by atoms with Crippen molar-refractivity contribution in [3.8, 4) is 0 Å². The van der Waals surface area contributed by atoms with Crippen molar-refractivity contribution in [2.75, 3.05) is 13.1 Å². The van der Waals surface area contributed by atoms with E-state index in [-0.39, 0.29) is 12.7 Å². The summed E-state index contributed by atoms with van der Waals surface area (Å²) in [5.74, 6) is 1.09. The standard InChI is InChI=1S/C26H40N2O3Si/c1-17(2)21-22(24(19(5)6)28(32)23(21)18(3)4)26(30)12-14-27(15-13-26)25(29)31-16-20-10-8-7-9-11-20/h7-11,17-19,30H,12-16H2,1-6,32H3. The summed E-state index contributed by atoms with van der Waals surface area (Å²) in [6.45, 7) is 14.7. The van der Waals surface area contributed by atoms with Gasteiger partial charge in [0.15, 0.2) is 0 Å². The van der Waals surface area contributed by atoms with Gasteiger partial charge in [0.05, 0.1) is 5.60 Å². The number of ether oxygens (including phenoxy) is 1. The van der Waals surface area contributed by atoms with Crippen LogP contribution in [0.25, 0.3) is 0 Å². The molecule has 0 radical (unpaired) electrons. The summed E-state index contributed by atoms with van der Waals surface area (Å²) < 4.78 is 7.98. The minimum Gasteiger partial charge on any atom is -0.445 e. The zero-order chi connectivity index (χ0) is 23.6. The van der Waals surface area contributed by atoms with Gasteiger partial charge in [0.25, 0.3) is 0 Å². The number of hydrogen-bond donors (Lipinski definition) is 1. The fourth-order valence-corrected chi connectivity index (χ4v) is 6.81. The summed E-state index contributed by atoms with van der Waals surface area (Å²) in [5, 5.41) is 12.0. The molecule has 0 atom stereocenters. The van der Waals surface area contributed by atoms with Crippen LogP contribution in [0.2, 0.25) is 0 Å². The number of likely N-dealkylation sites (tertiary alicyclic amines) is 1. The molecule has 6 heteroatoms. The molecular weight excluding hydrogens is 416 g/mol. The number of amides is 1. The van der Waals surface area contributed by atoms with Gasteiger partial charge in [0, 0.05) is 30.0 Å². The highest BCUT2D eigenvalue weighted by Gasteiger charge is 2.42. The SMILES string of the molecule is CC(C)c1c(C2(O)CCN(C(=O)OCc3ccccc3)CC2)c(C(C)C)n([SiH3])c1C(C)C. The topological polar surface area (TPSA) is 54.7 Å². The number of aliphatic hydroxyl groups is 1. The lowest BCUT2D eigenvalue weighted by Gasteiger charge is -2.39. The molecule has 32 heavy (non-hydrogen) atoms. The molecular formula is C26H40N2O3Si. The van der Waals surface area contributed by atoms with Gasteiger partial charge in [0.1, 0.15) is 17.0 Å². The first kappa shape index (κ1) is 24.6. The van der Waals surface area contributed by atoms with Gasteiger partial charge in [-0.2, -0.15) is 0 Å². The lowest BCUT2D eigenvalue weighted by molar-refractivity contribution is -0.0269. The molecule has 0 spiro atoms. The van der Waals surface area contributed by atoms with Crippen LogP contribution in [0.3, 0.4) is 0 Å². The third kappa shape index (κ3) is 4.81. The molecule has 1 aliphatic rings. The average molecular weight is 457 g/mol. The van der Waals surface area contributed by atoms with Gasteiger partial charge in [-0.05, 0) is 41.7 Å². The largest absolute Gasteiger partial charge is 0.445 e. The van der Waals surface area contributed by atoms with Crippen LogP contribution in [0.15, 0.2) is 30.3 Å². The smallest absolute Gasteiger partial charge is 0.410 e. The molecule has 0 saturated carbocycles. The molecule has 1 amide bonds. The number of aromatic nitrogens is 1. The summed E-state index contributed by atoms with van der Waals surface area (Å²) in [7, 11) is 0.899. The molecule has 1 fully saturated rings. The Labute approximate surface area is 196 Å². The maximum Gasteiger partial charge on any atom is 0.410 e. The van der Waals surface area contributed by atoms with Crippen molar-refractivity contribution in [1.82, 2.24) is 9.13 Å². The van der Waals surface area contributed by atoms with Crippen LogP contribution in [-0.2, 0) is 16.9 Å². The summed E-state index contributed by atoms with van der Waals surface area (Å²) in [6.07, 6.45) is 0.777. The van der Waals surface area contributed by atoms with E-state index in [0.29, 0.717) is 43.7 Å². The zero-order valence-corrected chi connectivity index (χ0v) is 22.8. The van der Waals surface area contributed by atoms with Gasteiger partial charge in [-0.1, -0.05) is 71.9 Å². The number of hydrogen-bond acceptors (Lipinski definition) is 3. The Morgan fingerprint density at radius 2 is 1.56 bits per heavy atom.